The van der Waals surface area contributed by atoms with Crippen LogP contribution in [0, 0.1) is 6.92 Å². The van der Waals surface area contributed by atoms with E-state index in [1.165, 1.54) is 13.0 Å². The molecule has 0 spiro atoms. The Hall–Kier alpha value is -0.680. The van der Waals surface area contributed by atoms with Gasteiger partial charge in [-0.1, -0.05) is 11.6 Å². The van der Waals surface area contributed by atoms with Gasteiger partial charge in [0.2, 0.25) is 0 Å². The highest BCUT2D eigenvalue weighted by Gasteiger charge is 2.15. The molecule has 1 aromatic rings. The molecule has 1 aromatic heterocycles. The van der Waals surface area contributed by atoms with Gasteiger partial charge in [-0.15, -0.1) is 3.89 Å². The molecule has 6 heteroatoms. The Morgan fingerprint density at radius 1 is 1.58 bits per heavy atom. The van der Waals surface area contributed by atoms with Crippen LogP contribution in [-0.4, -0.2) is 13.4 Å². The van der Waals surface area contributed by atoms with E-state index in [1.807, 2.05) is 0 Å². The molecule has 0 fully saturated rings. The van der Waals surface area contributed by atoms with Gasteiger partial charge in [-0.2, -0.15) is 8.42 Å². The number of halogens is 2. The Bertz CT molecular complexity index is 404. The molecule has 0 aromatic carbocycles. The Kier molecular flexibility index (Phi) is 2.34. The molecule has 0 N–H and O–H groups in total. The van der Waals surface area contributed by atoms with Crippen molar-refractivity contribution in [3.63, 3.8) is 0 Å². The molecule has 0 amide bonds. The summed E-state index contributed by atoms with van der Waals surface area (Å²) >= 11 is 5.44. The van der Waals surface area contributed by atoms with Gasteiger partial charge in [0.05, 0.1) is 6.20 Å². The van der Waals surface area contributed by atoms with Crippen LogP contribution in [0.5, 0.6) is 0 Å². The Labute approximate surface area is 74.4 Å². The monoisotopic (exact) mass is 209 g/mol. The van der Waals surface area contributed by atoms with Crippen molar-refractivity contribution in [2.45, 2.75) is 11.8 Å². The molecule has 0 saturated heterocycles. The van der Waals surface area contributed by atoms with Crippen LogP contribution < -0.4 is 0 Å². The maximum absolute atomic E-state index is 12.4. The normalized spacial score (nSPS) is 11.6. The second kappa shape index (κ2) is 2.99. The van der Waals surface area contributed by atoms with E-state index < -0.39 is 15.1 Å². The van der Waals surface area contributed by atoms with Crippen LogP contribution in [0.1, 0.15) is 5.56 Å². The Morgan fingerprint density at radius 3 is 2.58 bits per heavy atom. The minimum atomic E-state index is -4.67. The minimum Gasteiger partial charge on any atom is -0.243 e. The third-order valence-electron chi connectivity index (χ3n) is 1.29. The molecule has 0 aliphatic rings. The lowest BCUT2D eigenvalue weighted by molar-refractivity contribution is 0.551. The van der Waals surface area contributed by atoms with Crippen LogP contribution in [0.25, 0.3) is 0 Å². The fourth-order valence-electron chi connectivity index (χ4n) is 0.764. The van der Waals surface area contributed by atoms with Crippen LogP contribution in [0.15, 0.2) is 17.2 Å². The molecule has 0 aliphatic heterocycles. The quantitative estimate of drug-likeness (QED) is 0.523. The van der Waals surface area contributed by atoms with Crippen molar-refractivity contribution >= 4 is 21.8 Å². The fraction of sp³-hybridized carbons (Fsp3) is 0.167. The standard InChI is InChI=1S/C6H5ClFNO2S/c1-4-2-6(7)9-3-5(4)12(8,10)11/h2-3H,1H3. The highest BCUT2D eigenvalue weighted by atomic mass is 35.5. The predicted molar refractivity (Wildman–Crippen MR) is 42.3 cm³/mol. The van der Waals surface area contributed by atoms with Gasteiger partial charge in [0.15, 0.2) is 0 Å². The molecule has 3 nitrogen and oxygen atoms in total. The average molecular weight is 210 g/mol. The van der Waals surface area contributed by atoms with Crippen LogP contribution in [0.3, 0.4) is 0 Å². The fourth-order valence-corrected chi connectivity index (χ4v) is 1.60. The molecule has 1 heterocycles. The van der Waals surface area contributed by atoms with Gasteiger partial charge in [0.25, 0.3) is 0 Å². The minimum absolute atomic E-state index is 0.139. The van der Waals surface area contributed by atoms with Gasteiger partial charge in [0, 0.05) is 0 Å². The molecular weight excluding hydrogens is 205 g/mol. The van der Waals surface area contributed by atoms with Gasteiger partial charge in [0.1, 0.15) is 10.0 Å². The average Bonchev–Trinajstić information content (AvgIpc) is 1.83. The van der Waals surface area contributed by atoms with E-state index in [-0.39, 0.29) is 10.7 Å². The van der Waals surface area contributed by atoms with Crippen LogP contribution in [-0.2, 0) is 10.2 Å². The summed E-state index contributed by atoms with van der Waals surface area (Å²) in [7, 11) is -4.67. The molecular formula is C6H5ClFNO2S. The highest BCUT2D eigenvalue weighted by Crippen LogP contribution is 2.18. The smallest absolute Gasteiger partial charge is 0.243 e. The third-order valence-corrected chi connectivity index (χ3v) is 2.45. The lowest BCUT2D eigenvalue weighted by Gasteiger charge is -1.98. The zero-order valence-corrected chi connectivity index (χ0v) is 7.66. The van der Waals surface area contributed by atoms with Crippen molar-refractivity contribution in [1.82, 2.24) is 4.98 Å². The third kappa shape index (κ3) is 1.92. The van der Waals surface area contributed by atoms with Gasteiger partial charge < -0.3 is 0 Å². The van der Waals surface area contributed by atoms with Crippen molar-refractivity contribution in [2.75, 3.05) is 0 Å². The molecule has 0 atom stereocenters. The number of hydrogen-bond donors (Lipinski definition) is 0. The number of pyridine rings is 1. The highest BCUT2D eigenvalue weighted by molar-refractivity contribution is 7.86. The van der Waals surface area contributed by atoms with E-state index in [2.05, 4.69) is 4.98 Å². The van der Waals surface area contributed by atoms with Gasteiger partial charge in [-0.25, -0.2) is 4.98 Å². The van der Waals surface area contributed by atoms with E-state index in [0.29, 0.717) is 0 Å². The lowest BCUT2D eigenvalue weighted by Crippen LogP contribution is -1.96. The Morgan fingerprint density at radius 2 is 2.17 bits per heavy atom. The summed E-state index contributed by atoms with van der Waals surface area (Å²) in [6.45, 7) is 1.44. The summed E-state index contributed by atoms with van der Waals surface area (Å²) in [5.41, 5.74) is 0.248. The maximum atomic E-state index is 12.4. The van der Waals surface area contributed by atoms with Crippen molar-refractivity contribution < 1.29 is 12.3 Å². The van der Waals surface area contributed by atoms with E-state index in [0.717, 1.165) is 6.20 Å². The maximum Gasteiger partial charge on any atom is 0.333 e. The number of aryl methyl sites for hydroxylation is 1. The van der Waals surface area contributed by atoms with E-state index in [4.69, 9.17) is 11.6 Å². The Balaban J connectivity index is 3.39. The molecule has 0 unspecified atom stereocenters. The first-order valence-electron chi connectivity index (χ1n) is 2.98. The largest absolute Gasteiger partial charge is 0.333 e. The van der Waals surface area contributed by atoms with Crippen molar-refractivity contribution in [1.29, 1.82) is 0 Å². The number of hydrogen-bond acceptors (Lipinski definition) is 3. The van der Waals surface area contributed by atoms with Crippen LogP contribution >= 0.6 is 11.6 Å². The molecule has 12 heavy (non-hydrogen) atoms. The van der Waals surface area contributed by atoms with Crippen molar-refractivity contribution in [3.8, 4) is 0 Å². The first-order valence-corrected chi connectivity index (χ1v) is 4.74. The second-order valence-electron chi connectivity index (χ2n) is 2.21. The first-order chi connectivity index (χ1) is 5.41. The zero-order chi connectivity index (χ0) is 9.35. The predicted octanol–water partition coefficient (Wildman–Crippen LogP) is 1.70. The summed E-state index contributed by atoms with van der Waals surface area (Å²) < 4.78 is 33.2. The van der Waals surface area contributed by atoms with Crippen LogP contribution in [0.4, 0.5) is 3.89 Å². The van der Waals surface area contributed by atoms with Crippen molar-refractivity contribution in [3.05, 3.63) is 23.0 Å². The number of rotatable bonds is 1. The van der Waals surface area contributed by atoms with E-state index >= 15 is 0 Å². The summed E-state index contributed by atoms with van der Waals surface area (Å²) in [6, 6.07) is 1.29. The molecule has 0 aliphatic carbocycles. The zero-order valence-electron chi connectivity index (χ0n) is 6.08. The molecule has 66 valence electrons. The SMILES string of the molecule is Cc1cc(Cl)ncc1S(=O)(=O)F. The van der Waals surface area contributed by atoms with Gasteiger partial charge >= 0.3 is 10.2 Å². The number of aromatic nitrogens is 1. The second-order valence-corrected chi connectivity index (χ2v) is 3.91. The topological polar surface area (TPSA) is 47.0 Å². The summed E-state index contributed by atoms with van der Waals surface area (Å²) in [4.78, 5) is 3.01. The molecule has 0 saturated carbocycles. The number of nitrogens with zero attached hydrogens (tertiary/aromatic N) is 1. The molecule has 0 radical (unpaired) electrons. The summed E-state index contributed by atoms with van der Waals surface area (Å²) in [5.74, 6) is 0. The van der Waals surface area contributed by atoms with Crippen molar-refractivity contribution in [2.24, 2.45) is 0 Å². The van der Waals surface area contributed by atoms with Gasteiger partial charge in [-0.05, 0) is 18.6 Å². The summed E-state index contributed by atoms with van der Waals surface area (Å²) in [5, 5.41) is 0.139. The molecule has 1 rings (SSSR count). The summed E-state index contributed by atoms with van der Waals surface area (Å²) in [6.07, 6.45) is 0.896. The lowest BCUT2D eigenvalue weighted by atomic mass is 10.3. The first kappa shape index (κ1) is 9.41. The van der Waals surface area contributed by atoms with Crippen LogP contribution in [0.2, 0.25) is 5.15 Å². The van der Waals surface area contributed by atoms with E-state index in [1.54, 1.807) is 0 Å². The molecule has 0 bridgehead atoms. The van der Waals surface area contributed by atoms with E-state index in [9.17, 15) is 12.3 Å². The van der Waals surface area contributed by atoms with Gasteiger partial charge in [-0.3, -0.25) is 0 Å².